The molecule has 3 heteroatoms. The molecule has 0 spiro atoms. The van der Waals surface area contributed by atoms with Crippen molar-refractivity contribution in [2.75, 3.05) is 0 Å². The smallest absolute Gasteiger partial charge is 0.170 e. The highest BCUT2D eigenvalue weighted by Gasteiger charge is 2.60. The number of unbranched alkanes of at least 4 members (excludes halogenated alkanes) is 12. The Bertz CT molecular complexity index is 742. The van der Waals surface area contributed by atoms with Gasteiger partial charge in [-0.05, 0) is 29.9 Å². The molecule has 0 nitrogen and oxygen atoms in total. The Morgan fingerprint density at radius 1 is 0.500 bits per heavy atom. The van der Waals surface area contributed by atoms with Gasteiger partial charge in [0.25, 0.3) is 0 Å². The maximum atomic E-state index is 15.4. The summed E-state index contributed by atoms with van der Waals surface area (Å²) >= 11 is 0. The minimum absolute atomic E-state index is 0.388. The zero-order valence-electron chi connectivity index (χ0n) is 22.8. The van der Waals surface area contributed by atoms with Gasteiger partial charge in [-0.15, -0.1) is 0 Å². The lowest BCUT2D eigenvalue weighted by molar-refractivity contribution is -0.195. The maximum Gasteiger partial charge on any atom is 0.402 e. The van der Waals surface area contributed by atoms with Crippen LogP contribution in [0.2, 0.25) is 0 Å². The molecule has 0 aliphatic carbocycles. The summed E-state index contributed by atoms with van der Waals surface area (Å²) < 4.78 is 46.3. The molecule has 0 amide bonds. The highest BCUT2D eigenvalue weighted by molar-refractivity contribution is 5.42. The average molecular weight is 503 g/mol. The van der Waals surface area contributed by atoms with Gasteiger partial charge in [-0.2, -0.15) is 13.2 Å². The Balaban J connectivity index is 2.29. The van der Waals surface area contributed by atoms with E-state index in [1.807, 2.05) is 12.1 Å². The second-order valence-electron chi connectivity index (χ2n) is 10.6. The van der Waals surface area contributed by atoms with Crippen LogP contribution < -0.4 is 0 Å². The largest absolute Gasteiger partial charge is 0.402 e. The van der Waals surface area contributed by atoms with Crippen LogP contribution in [0.25, 0.3) is 0 Å². The Hall–Kier alpha value is -1.77. The first-order valence-electron chi connectivity index (χ1n) is 14.7. The molecule has 0 aliphatic heterocycles. The number of hydrogen-bond acceptors (Lipinski definition) is 0. The van der Waals surface area contributed by atoms with E-state index in [9.17, 15) is 0 Å². The van der Waals surface area contributed by atoms with Gasteiger partial charge in [0.2, 0.25) is 0 Å². The van der Waals surface area contributed by atoms with Gasteiger partial charge >= 0.3 is 6.18 Å². The molecule has 0 N–H and O–H groups in total. The number of alkyl halides is 3. The third-order valence-corrected chi connectivity index (χ3v) is 7.83. The third kappa shape index (κ3) is 8.96. The Morgan fingerprint density at radius 2 is 0.833 bits per heavy atom. The molecule has 0 aromatic heterocycles. The Kier molecular flexibility index (Phi) is 14.3. The van der Waals surface area contributed by atoms with E-state index in [0.29, 0.717) is 24.0 Å². The standard InChI is InChI=1S/C33H49F3/c1-3-5-7-9-11-12-14-18-24-29(23-17-13-10-8-6-4-2)32(33(34,35)36,30-25-19-15-20-26-30)31-27-21-16-22-28-31/h15-16,19-22,25-29H,3-14,17-18,23-24H2,1-2H3. The highest BCUT2D eigenvalue weighted by Crippen LogP contribution is 2.54. The lowest BCUT2D eigenvalue weighted by Gasteiger charge is -2.44. The van der Waals surface area contributed by atoms with E-state index in [2.05, 4.69) is 13.8 Å². The summed E-state index contributed by atoms with van der Waals surface area (Å²) in [5.74, 6) is -0.464. The van der Waals surface area contributed by atoms with E-state index in [1.165, 1.54) is 51.4 Å². The summed E-state index contributed by atoms with van der Waals surface area (Å²) in [5, 5.41) is 0. The van der Waals surface area contributed by atoms with Gasteiger partial charge in [-0.25, -0.2) is 0 Å². The van der Waals surface area contributed by atoms with Crippen molar-refractivity contribution >= 4 is 0 Å². The molecule has 0 aliphatic rings. The van der Waals surface area contributed by atoms with Gasteiger partial charge in [-0.3, -0.25) is 0 Å². The average Bonchev–Trinajstić information content (AvgIpc) is 2.88. The summed E-state index contributed by atoms with van der Waals surface area (Å²) in [7, 11) is 0. The van der Waals surface area contributed by atoms with E-state index in [4.69, 9.17) is 0 Å². The summed E-state index contributed by atoms with van der Waals surface area (Å²) in [4.78, 5) is 0. The molecule has 0 heterocycles. The topological polar surface area (TPSA) is 0 Å². The van der Waals surface area contributed by atoms with Crippen LogP contribution in [0.3, 0.4) is 0 Å². The van der Waals surface area contributed by atoms with Crippen LogP contribution in [-0.2, 0) is 5.41 Å². The first-order chi connectivity index (χ1) is 17.5. The van der Waals surface area contributed by atoms with Crippen molar-refractivity contribution < 1.29 is 13.2 Å². The molecule has 2 rings (SSSR count). The first kappa shape index (κ1) is 30.5. The minimum atomic E-state index is -4.37. The van der Waals surface area contributed by atoms with E-state index in [-0.39, 0.29) is 0 Å². The number of halogens is 3. The quantitative estimate of drug-likeness (QED) is 0.168. The normalized spacial score (nSPS) is 13.1. The molecule has 2 aromatic rings. The molecule has 0 saturated heterocycles. The lowest BCUT2D eigenvalue weighted by atomic mass is 9.62. The molecular weight excluding hydrogens is 453 g/mol. The number of hydrogen-bond donors (Lipinski definition) is 0. The fourth-order valence-corrected chi connectivity index (χ4v) is 5.87. The highest BCUT2D eigenvalue weighted by atomic mass is 19.4. The SMILES string of the molecule is CCCCCCCCCCC(CCCCCCCC)C(c1ccccc1)(c1ccccc1)C(F)(F)F. The van der Waals surface area contributed by atoms with Gasteiger partial charge in [0.05, 0.1) is 0 Å². The van der Waals surface area contributed by atoms with Crippen LogP contribution in [0.1, 0.15) is 128 Å². The second kappa shape index (κ2) is 16.9. The summed E-state index contributed by atoms with van der Waals surface area (Å²) in [5.41, 5.74) is -1.20. The van der Waals surface area contributed by atoms with Gasteiger partial charge in [-0.1, -0.05) is 164 Å². The van der Waals surface area contributed by atoms with Crippen molar-refractivity contribution in [2.24, 2.45) is 5.92 Å². The summed E-state index contributed by atoms with van der Waals surface area (Å²) in [6, 6.07) is 17.5. The van der Waals surface area contributed by atoms with Crippen molar-refractivity contribution in [1.29, 1.82) is 0 Å². The van der Waals surface area contributed by atoms with Gasteiger partial charge in [0, 0.05) is 0 Å². The molecule has 202 valence electrons. The van der Waals surface area contributed by atoms with E-state index in [1.54, 1.807) is 48.5 Å². The van der Waals surface area contributed by atoms with Crippen LogP contribution >= 0.6 is 0 Å². The molecule has 0 fully saturated rings. The van der Waals surface area contributed by atoms with Crippen LogP contribution in [0.4, 0.5) is 13.2 Å². The predicted octanol–water partition coefficient (Wildman–Crippen LogP) is 11.4. The molecular formula is C33H49F3. The molecule has 2 aromatic carbocycles. The van der Waals surface area contributed by atoms with Gasteiger partial charge < -0.3 is 0 Å². The predicted molar refractivity (Wildman–Crippen MR) is 148 cm³/mol. The fourth-order valence-electron chi connectivity index (χ4n) is 5.87. The van der Waals surface area contributed by atoms with Crippen molar-refractivity contribution in [1.82, 2.24) is 0 Å². The molecule has 0 bridgehead atoms. The fraction of sp³-hybridized carbons (Fsp3) is 0.636. The molecule has 0 saturated carbocycles. The first-order valence-corrected chi connectivity index (χ1v) is 14.7. The van der Waals surface area contributed by atoms with Crippen LogP contribution in [0.5, 0.6) is 0 Å². The third-order valence-electron chi connectivity index (χ3n) is 7.83. The molecule has 1 atom stereocenters. The van der Waals surface area contributed by atoms with Crippen LogP contribution in [0, 0.1) is 5.92 Å². The van der Waals surface area contributed by atoms with E-state index in [0.717, 1.165) is 38.5 Å². The van der Waals surface area contributed by atoms with E-state index >= 15 is 13.2 Å². The molecule has 0 radical (unpaired) electrons. The van der Waals surface area contributed by atoms with Crippen LogP contribution in [-0.4, -0.2) is 6.18 Å². The van der Waals surface area contributed by atoms with Crippen molar-refractivity contribution in [3.63, 3.8) is 0 Å². The zero-order chi connectivity index (χ0) is 26.1. The van der Waals surface area contributed by atoms with Gasteiger partial charge in [0.15, 0.2) is 0 Å². The minimum Gasteiger partial charge on any atom is -0.170 e. The summed E-state index contributed by atoms with van der Waals surface area (Å²) in [6.45, 7) is 4.41. The second-order valence-corrected chi connectivity index (χ2v) is 10.6. The maximum absolute atomic E-state index is 15.4. The van der Waals surface area contributed by atoms with Crippen LogP contribution in [0.15, 0.2) is 60.7 Å². The molecule has 1 unspecified atom stereocenters. The van der Waals surface area contributed by atoms with Crippen molar-refractivity contribution in [2.45, 2.75) is 128 Å². The number of benzene rings is 2. The Labute approximate surface area is 219 Å². The van der Waals surface area contributed by atoms with Crippen molar-refractivity contribution in [3.8, 4) is 0 Å². The van der Waals surface area contributed by atoms with E-state index < -0.39 is 17.5 Å². The summed E-state index contributed by atoms with van der Waals surface area (Å²) in [6.07, 6.45) is 12.7. The monoisotopic (exact) mass is 502 g/mol. The zero-order valence-corrected chi connectivity index (χ0v) is 22.8. The van der Waals surface area contributed by atoms with Crippen molar-refractivity contribution in [3.05, 3.63) is 71.8 Å². The number of rotatable bonds is 19. The molecule has 36 heavy (non-hydrogen) atoms. The lowest BCUT2D eigenvalue weighted by Crippen LogP contribution is -2.49. The Morgan fingerprint density at radius 3 is 1.17 bits per heavy atom. The van der Waals surface area contributed by atoms with Gasteiger partial charge in [0.1, 0.15) is 5.41 Å².